The fourth-order valence-electron chi connectivity index (χ4n) is 2.63. The fraction of sp³-hybridized carbons (Fsp3) is 0.615. The minimum Gasteiger partial charge on any atom is -0.326 e. The van der Waals surface area contributed by atoms with Gasteiger partial charge in [-0.25, -0.2) is 0 Å². The molecule has 2 N–H and O–H groups in total. The average molecular weight is 220 g/mol. The molecule has 88 valence electrons. The van der Waals surface area contributed by atoms with Gasteiger partial charge in [0.15, 0.2) is 0 Å². The van der Waals surface area contributed by atoms with Gasteiger partial charge in [0.25, 0.3) is 5.56 Å². The SMILES string of the molecule is Cn1cc(CN)cc(C2CCCCC2)c1=O. The first-order chi connectivity index (χ1) is 7.72. The number of hydrogen-bond acceptors (Lipinski definition) is 2. The summed E-state index contributed by atoms with van der Waals surface area (Å²) < 4.78 is 1.67. The lowest BCUT2D eigenvalue weighted by molar-refractivity contribution is 0.439. The van der Waals surface area contributed by atoms with Gasteiger partial charge in [0, 0.05) is 25.4 Å². The second-order valence-corrected chi connectivity index (χ2v) is 4.76. The lowest BCUT2D eigenvalue weighted by atomic mass is 9.84. The first-order valence-corrected chi connectivity index (χ1v) is 6.12. The van der Waals surface area contributed by atoms with Crippen molar-refractivity contribution in [2.75, 3.05) is 0 Å². The van der Waals surface area contributed by atoms with Crippen LogP contribution in [0.25, 0.3) is 0 Å². The molecule has 1 fully saturated rings. The van der Waals surface area contributed by atoms with E-state index < -0.39 is 0 Å². The van der Waals surface area contributed by atoms with Crippen molar-refractivity contribution in [3.8, 4) is 0 Å². The topological polar surface area (TPSA) is 48.0 Å². The Morgan fingerprint density at radius 2 is 2.06 bits per heavy atom. The van der Waals surface area contributed by atoms with E-state index in [9.17, 15) is 4.79 Å². The van der Waals surface area contributed by atoms with E-state index >= 15 is 0 Å². The first kappa shape index (κ1) is 11.4. The summed E-state index contributed by atoms with van der Waals surface area (Å²) in [6.45, 7) is 0.508. The van der Waals surface area contributed by atoms with Crippen LogP contribution in [-0.2, 0) is 13.6 Å². The summed E-state index contributed by atoms with van der Waals surface area (Å²) in [6, 6.07) is 2.01. The molecular formula is C13H20N2O. The van der Waals surface area contributed by atoms with E-state index in [1.165, 1.54) is 19.3 Å². The molecule has 0 unspecified atom stereocenters. The molecule has 0 aliphatic heterocycles. The molecule has 1 aliphatic rings. The predicted octanol–water partition coefficient (Wildman–Crippen LogP) is 1.89. The minimum absolute atomic E-state index is 0.157. The smallest absolute Gasteiger partial charge is 0.253 e. The Labute approximate surface area is 96.3 Å². The molecule has 1 aromatic heterocycles. The molecule has 1 aromatic rings. The van der Waals surface area contributed by atoms with Gasteiger partial charge in [0.1, 0.15) is 0 Å². The summed E-state index contributed by atoms with van der Waals surface area (Å²) in [5.41, 5.74) is 7.84. The molecule has 0 bridgehead atoms. The van der Waals surface area contributed by atoms with Crippen molar-refractivity contribution in [1.82, 2.24) is 4.57 Å². The van der Waals surface area contributed by atoms with Crippen LogP contribution in [0.5, 0.6) is 0 Å². The van der Waals surface area contributed by atoms with E-state index in [0.717, 1.165) is 24.0 Å². The van der Waals surface area contributed by atoms with Gasteiger partial charge in [0.05, 0.1) is 0 Å². The molecule has 2 rings (SSSR count). The maximum absolute atomic E-state index is 12.1. The molecule has 1 aliphatic carbocycles. The van der Waals surface area contributed by atoms with Crippen molar-refractivity contribution in [3.05, 3.63) is 33.7 Å². The average Bonchev–Trinajstić information content (AvgIpc) is 2.33. The van der Waals surface area contributed by atoms with Crippen LogP contribution >= 0.6 is 0 Å². The summed E-state index contributed by atoms with van der Waals surface area (Å²) in [4.78, 5) is 12.1. The summed E-state index contributed by atoms with van der Waals surface area (Å²) in [7, 11) is 1.81. The predicted molar refractivity (Wildman–Crippen MR) is 65.4 cm³/mol. The Hall–Kier alpha value is -1.09. The van der Waals surface area contributed by atoms with E-state index in [0.29, 0.717) is 12.5 Å². The number of nitrogens with zero attached hydrogens (tertiary/aromatic N) is 1. The standard InChI is InChI=1S/C13H20N2O/c1-15-9-10(8-14)7-12(13(15)16)11-5-3-2-4-6-11/h7,9,11H,2-6,8,14H2,1H3. The number of aromatic nitrogens is 1. The van der Waals surface area contributed by atoms with Crippen LogP contribution in [0.3, 0.4) is 0 Å². The van der Waals surface area contributed by atoms with Crippen LogP contribution in [0.1, 0.15) is 49.1 Å². The molecule has 1 heterocycles. The molecule has 0 saturated heterocycles. The van der Waals surface area contributed by atoms with Crippen molar-refractivity contribution < 1.29 is 0 Å². The maximum atomic E-state index is 12.1. The van der Waals surface area contributed by atoms with Crippen molar-refractivity contribution in [2.45, 2.75) is 44.6 Å². The van der Waals surface area contributed by atoms with Crippen LogP contribution in [0.15, 0.2) is 17.1 Å². The zero-order chi connectivity index (χ0) is 11.5. The van der Waals surface area contributed by atoms with Crippen molar-refractivity contribution >= 4 is 0 Å². The Kier molecular flexibility index (Phi) is 3.44. The zero-order valence-electron chi connectivity index (χ0n) is 9.91. The number of nitrogens with two attached hydrogens (primary N) is 1. The first-order valence-electron chi connectivity index (χ1n) is 6.12. The van der Waals surface area contributed by atoms with Crippen LogP contribution in [-0.4, -0.2) is 4.57 Å². The Balaban J connectivity index is 2.37. The van der Waals surface area contributed by atoms with Crippen LogP contribution in [0.4, 0.5) is 0 Å². The molecule has 0 aromatic carbocycles. The lowest BCUT2D eigenvalue weighted by Crippen LogP contribution is -2.25. The van der Waals surface area contributed by atoms with E-state index in [1.807, 2.05) is 19.3 Å². The number of aryl methyl sites for hydroxylation is 1. The third-order valence-corrected chi connectivity index (χ3v) is 3.55. The Morgan fingerprint density at radius 1 is 1.38 bits per heavy atom. The highest BCUT2D eigenvalue weighted by Gasteiger charge is 2.19. The van der Waals surface area contributed by atoms with E-state index in [1.54, 1.807) is 4.57 Å². The molecular weight excluding hydrogens is 200 g/mol. The summed E-state index contributed by atoms with van der Waals surface area (Å²) in [6.07, 6.45) is 7.97. The maximum Gasteiger partial charge on any atom is 0.253 e. The number of pyridine rings is 1. The van der Waals surface area contributed by atoms with E-state index in [-0.39, 0.29) is 5.56 Å². The summed E-state index contributed by atoms with van der Waals surface area (Å²) in [5, 5.41) is 0. The van der Waals surface area contributed by atoms with Gasteiger partial charge in [-0.2, -0.15) is 0 Å². The van der Waals surface area contributed by atoms with Crippen molar-refractivity contribution in [3.63, 3.8) is 0 Å². The van der Waals surface area contributed by atoms with Gasteiger partial charge in [-0.15, -0.1) is 0 Å². The quantitative estimate of drug-likeness (QED) is 0.827. The number of rotatable bonds is 2. The van der Waals surface area contributed by atoms with E-state index in [2.05, 4.69) is 0 Å². The molecule has 0 spiro atoms. The normalized spacial score (nSPS) is 17.6. The highest BCUT2D eigenvalue weighted by Crippen LogP contribution is 2.31. The highest BCUT2D eigenvalue weighted by molar-refractivity contribution is 5.23. The van der Waals surface area contributed by atoms with E-state index in [4.69, 9.17) is 5.73 Å². The molecule has 1 saturated carbocycles. The second kappa shape index (κ2) is 4.83. The van der Waals surface area contributed by atoms with Gasteiger partial charge in [-0.1, -0.05) is 19.3 Å². The van der Waals surface area contributed by atoms with Crippen LogP contribution in [0, 0.1) is 0 Å². The van der Waals surface area contributed by atoms with Crippen LogP contribution < -0.4 is 11.3 Å². The molecule has 0 atom stereocenters. The third-order valence-electron chi connectivity index (χ3n) is 3.55. The molecule has 3 nitrogen and oxygen atoms in total. The summed E-state index contributed by atoms with van der Waals surface area (Å²) >= 11 is 0. The largest absolute Gasteiger partial charge is 0.326 e. The zero-order valence-corrected chi connectivity index (χ0v) is 9.91. The van der Waals surface area contributed by atoms with Crippen molar-refractivity contribution in [1.29, 1.82) is 0 Å². The third kappa shape index (κ3) is 2.19. The van der Waals surface area contributed by atoms with Gasteiger partial charge in [-0.05, 0) is 30.4 Å². The van der Waals surface area contributed by atoms with Gasteiger partial charge in [0.2, 0.25) is 0 Å². The molecule has 0 radical (unpaired) electrons. The minimum atomic E-state index is 0.157. The van der Waals surface area contributed by atoms with Crippen molar-refractivity contribution in [2.24, 2.45) is 12.8 Å². The van der Waals surface area contributed by atoms with Gasteiger partial charge in [-0.3, -0.25) is 4.79 Å². The second-order valence-electron chi connectivity index (χ2n) is 4.76. The Morgan fingerprint density at radius 3 is 2.69 bits per heavy atom. The highest BCUT2D eigenvalue weighted by atomic mass is 16.1. The Bertz CT molecular complexity index is 416. The fourth-order valence-corrected chi connectivity index (χ4v) is 2.63. The molecule has 0 amide bonds. The van der Waals surface area contributed by atoms with Gasteiger partial charge >= 0.3 is 0 Å². The van der Waals surface area contributed by atoms with Gasteiger partial charge < -0.3 is 10.3 Å². The number of hydrogen-bond donors (Lipinski definition) is 1. The molecule has 16 heavy (non-hydrogen) atoms. The molecule has 3 heteroatoms. The summed E-state index contributed by atoms with van der Waals surface area (Å²) in [5.74, 6) is 0.457. The lowest BCUT2D eigenvalue weighted by Gasteiger charge is -2.22. The monoisotopic (exact) mass is 220 g/mol. The van der Waals surface area contributed by atoms with Crippen LogP contribution in [0.2, 0.25) is 0 Å².